The van der Waals surface area contributed by atoms with Crippen LogP contribution in [0.5, 0.6) is 0 Å². The second-order valence-corrected chi connectivity index (χ2v) is 3.95. The van der Waals surface area contributed by atoms with Crippen molar-refractivity contribution in [2.24, 2.45) is 0 Å². The van der Waals surface area contributed by atoms with E-state index in [2.05, 4.69) is 50.1 Å². The molecule has 0 radical (unpaired) electrons. The number of carbonyl (C=O) groups is 5. The third kappa shape index (κ3) is 22400. The summed E-state index contributed by atoms with van der Waals surface area (Å²) >= 11 is 0. The predicted molar refractivity (Wildman–Crippen MR) is 151 cm³/mol. The molecule has 0 aromatic rings. The van der Waals surface area contributed by atoms with Gasteiger partial charge in [0.25, 0.3) is 5.97 Å². The van der Waals surface area contributed by atoms with E-state index in [1.807, 2.05) is 13.8 Å². The van der Waals surface area contributed by atoms with Gasteiger partial charge in [-0.25, -0.2) is 0 Å². The summed E-state index contributed by atoms with van der Waals surface area (Å²) in [6.07, 6.45) is 0. The van der Waals surface area contributed by atoms with Crippen molar-refractivity contribution >= 4 is 29.4 Å². The number of carbonyl (C=O) groups excluding carboxylic acids is 4. The van der Waals surface area contributed by atoms with E-state index in [0.717, 1.165) is 6.92 Å². The standard InChI is InChI=1S/2C3H7NO.2C3H6O.C2H4O2.C2H6.3C2H4.3CH4/c2*1-3(5)4-2;2*1-3(2)4;1-2(3)4;4*1-2;;;/h2*1-2H3,(H,4,5);2*1-2H3;1H3,(H,3,4);1-2H3;3*1-2H2;3*1H4. The maximum Gasteiger partial charge on any atom is 0.300 e. The number of hydrogen-bond donors (Lipinski definition) is 3. The highest BCUT2D eigenvalue weighted by molar-refractivity contribution is 5.73. The van der Waals surface area contributed by atoms with E-state index in [1.54, 1.807) is 14.1 Å². The van der Waals surface area contributed by atoms with E-state index >= 15 is 0 Å². The molecule has 0 spiro atoms. The SMILES string of the molecule is C.C.C.C=C.C=C.C=C.CC.CC(=O)O.CC(C)=O.CC(C)=O.CNC(C)=O.CNC(C)=O. The molecule has 0 fully saturated rings. The van der Waals surface area contributed by atoms with Gasteiger partial charge in [0.05, 0.1) is 0 Å². The Morgan fingerprint density at radius 2 is 0.545 bits per heavy atom. The highest BCUT2D eigenvalue weighted by atomic mass is 16.4. The Kier molecular flexibility index (Phi) is 274. The minimum Gasteiger partial charge on any atom is -0.481 e. The van der Waals surface area contributed by atoms with Gasteiger partial charge in [-0.2, -0.15) is 0 Å². The van der Waals surface area contributed by atoms with Crippen LogP contribution in [0, 0.1) is 0 Å². The molecule has 0 aliphatic rings. The molecule has 8 nitrogen and oxygen atoms in total. The van der Waals surface area contributed by atoms with Gasteiger partial charge >= 0.3 is 0 Å². The summed E-state index contributed by atoms with van der Waals surface area (Å²) in [5.41, 5.74) is 0. The number of carboxylic acids is 1. The van der Waals surface area contributed by atoms with Gasteiger partial charge < -0.3 is 25.3 Å². The first-order chi connectivity index (χ1) is 13.7. The lowest BCUT2D eigenvalue weighted by Gasteiger charge is -1.80. The monoisotopic (exact) mass is 484 g/mol. The molecule has 8 heteroatoms. The van der Waals surface area contributed by atoms with E-state index in [1.165, 1.54) is 41.5 Å². The number of ketones is 2. The zero-order chi connectivity index (χ0) is 27.3. The Morgan fingerprint density at radius 3 is 0.545 bits per heavy atom. The van der Waals surface area contributed by atoms with Gasteiger partial charge in [-0.1, -0.05) is 36.1 Å². The highest BCUT2D eigenvalue weighted by Gasteiger charge is 1.73. The van der Waals surface area contributed by atoms with Crippen molar-refractivity contribution < 1.29 is 29.1 Å². The molecule has 0 atom stereocenters. The highest BCUT2D eigenvalue weighted by Crippen LogP contribution is 1.51. The second-order valence-electron chi connectivity index (χ2n) is 3.95. The fourth-order valence-electron chi connectivity index (χ4n) is 0. The van der Waals surface area contributed by atoms with Crippen LogP contribution in [0.25, 0.3) is 0 Å². The minimum absolute atomic E-state index is 0. The quantitative estimate of drug-likeness (QED) is 0.355. The maximum atomic E-state index is 9.70. The fourth-order valence-corrected chi connectivity index (χ4v) is 0. The van der Waals surface area contributed by atoms with Crippen LogP contribution in [-0.4, -0.2) is 48.6 Å². The lowest BCUT2D eigenvalue weighted by Crippen LogP contribution is -2.11. The summed E-state index contributed by atoms with van der Waals surface area (Å²) in [5.74, 6) is -0.491. The molecule has 0 aromatic heterocycles. The van der Waals surface area contributed by atoms with Crippen LogP contribution < -0.4 is 10.6 Å². The molecule has 3 N–H and O–H groups in total. The third-order valence-corrected chi connectivity index (χ3v) is 0.704. The topological polar surface area (TPSA) is 130 Å². The Balaban J connectivity index is -0.0000000152. The summed E-state index contributed by atoms with van der Waals surface area (Å²) in [7, 11) is 3.20. The van der Waals surface area contributed by atoms with Gasteiger partial charge in [-0.05, 0) is 27.7 Å². The molecule has 0 rings (SSSR count). The summed E-state index contributed by atoms with van der Waals surface area (Å²) in [6, 6.07) is 0. The van der Waals surface area contributed by atoms with E-state index in [9.17, 15) is 19.2 Å². The van der Waals surface area contributed by atoms with Crippen LogP contribution in [0.2, 0.25) is 0 Å². The average molecular weight is 485 g/mol. The van der Waals surface area contributed by atoms with Crippen molar-refractivity contribution in [3.63, 3.8) is 0 Å². The van der Waals surface area contributed by atoms with Crippen LogP contribution in [-0.2, 0) is 24.0 Å². The summed E-state index contributed by atoms with van der Waals surface area (Å²) in [5, 5.41) is 12.2. The Bertz CT molecular complexity index is 313. The first-order valence-electron chi connectivity index (χ1n) is 8.74. The molecule has 206 valence electrons. The number of nitrogens with one attached hydrogen (secondary N) is 2. The number of hydrogen-bond acceptors (Lipinski definition) is 5. The van der Waals surface area contributed by atoms with Crippen LogP contribution in [0.15, 0.2) is 39.5 Å². The molecule has 0 aromatic carbocycles. The molecule has 33 heavy (non-hydrogen) atoms. The Hall–Kier alpha value is -3.03. The Morgan fingerprint density at radius 1 is 0.515 bits per heavy atom. The van der Waals surface area contributed by atoms with E-state index < -0.39 is 5.97 Å². The molecule has 0 bridgehead atoms. The van der Waals surface area contributed by atoms with Gasteiger partial charge in [0.1, 0.15) is 11.6 Å². The van der Waals surface area contributed by atoms with Gasteiger partial charge in [-0.15, -0.1) is 39.5 Å². The van der Waals surface area contributed by atoms with Crippen molar-refractivity contribution in [1.82, 2.24) is 10.6 Å². The number of amides is 2. The normalized spacial score (nSPS) is 4.94. The van der Waals surface area contributed by atoms with E-state index in [0.29, 0.717) is 0 Å². The maximum absolute atomic E-state index is 9.70. The molecular formula is C25H60N2O6. The van der Waals surface area contributed by atoms with Gasteiger partial charge in [0.2, 0.25) is 11.8 Å². The zero-order valence-electron chi connectivity index (χ0n) is 21.2. The van der Waals surface area contributed by atoms with Crippen LogP contribution in [0.1, 0.15) is 84.6 Å². The van der Waals surface area contributed by atoms with Gasteiger partial charge in [0.15, 0.2) is 0 Å². The Labute approximate surface area is 207 Å². The summed E-state index contributed by atoms with van der Waals surface area (Å²) in [6.45, 7) is 32.1. The molecular weight excluding hydrogens is 424 g/mol. The predicted octanol–water partition coefficient (Wildman–Crippen LogP) is 6.13. The van der Waals surface area contributed by atoms with Crippen molar-refractivity contribution in [2.45, 2.75) is 84.6 Å². The zero-order valence-corrected chi connectivity index (χ0v) is 21.2. The van der Waals surface area contributed by atoms with E-state index in [4.69, 9.17) is 9.90 Å². The van der Waals surface area contributed by atoms with Gasteiger partial charge in [-0.3, -0.25) is 14.4 Å². The lowest BCUT2D eigenvalue weighted by molar-refractivity contribution is -0.134. The lowest BCUT2D eigenvalue weighted by atomic mass is 10.6. The number of carboxylic acid groups (broad SMARTS) is 1. The largest absolute Gasteiger partial charge is 0.481 e. The molecule has 0 saturated heterocycles. The molecule has 0 saturated carbocycles. The van der Waals surface area contributed by atoms with Crippen LogP contribution in [0.3, 0.4) is 0 Å². The van der Waals surface area contributed by atoms with Gasteiger partial charge in [0, 0.05) is 34.9 Å². The molecule has 0 aliphatic heterocycles. The van der Waals surface area contributed by atoms with Crippen LogP contribution in [0.4, 0.5) is 0 Å². The fraction of sp³-hybridized carbons (Fsp3) is 0.560. The summed E-state index contributed by atoms with van der Waals surface area (Å²) in [4.78, 5) is 47.3. The van der Waals surface area contributed by atoms with Crippen molar-refractivity contribution in [3.8, 4) is 0 Å². The second kappa shape index (κ2) is 116. The molecule has 0 aliphatic carbocycles. The molecule has 2 amide bonds. The number of Topliss-reactive ketones (excluding diaryl/α,β-unsaturated/α-hetero) is 2. The average Bonchev–Trinajstić information content (AvgIpc) is 2.67. The van der Waals surface area contributed by atoms with Crippen LogP contribution >= 0.6 is 0 Å². The number of aliphatic carboxylic acids is 1. The minimum atomic E-state index is -0.833. The summed E-state index contributed by atoms with van der Waals surface area (Å²) < 4.78 is 0. The first kappa shape index (κ1) is 77.9. The van der Waals surface area contributed by atoms with Crippen molar-refractivity contribution in [3.05, 3.63) is 39.5 Å². The first-order valence-corrected chi connectivity index (χ1v) is 8.74. The van der Waals surface area contributed by atoms with Crippen molar-refractivity contribution in [1.29, 1.82) is 0 Å². The molecule has 0 unspecified atom stereocenters. The van der Waals surface area contributed by atoms with E-state index in [-0.39, 0.29) is 45.7 Å². The van der Waals surface area contributed by atoms with Crippen molar-refractivity contribution in [2.75, 3.05) is 14.1 Å². The smallest absolute Gasteiger partial charge is 0.300 e. The third-order valence-electron chi connectivity index (χ3n) is 0.704. The number of rotatable bonds is 0. The molecule has 0 heterocycles.